The number of amides is 1. The zero-order valence-corrected chi connectivity index (χ0v) is 11.5. The van der Waals surface area contributed by atoms with Gasteiger partial charge in [0.2, 0.25) is 0 Å². The van der Waals surface area contributed by atoms with E-state index >= 15 is 0 Å². The Labute approximate surface area is 123 Å². The molecular formula is C17H15NO3. The number of ether oxygens (including phenoxy) is 1. The summed E-state index contributed by atoms with van der Waals surface area (Å²) in [5.74, 6) is 0. The molecule has 2 aromatic carbocycles. The third-order valence-electron chi connectivity index (χ3n) is 3.57. The van der Waals surface area contributed by atoms with E-state index in [1.54, 1.807) is 17.0 Å². The molecule has 106 valence electrons. The molecule has 0 aliphatic carbocycles. The molecule has 0 radical (unpaired) electrons. The molecule has 2 aromatic rings. The first-order valence-corrected chi connectivity index (χ1v) is 6.84. The molecule has 0 N–H and O–H groups in total. The molecule has 1 aliphatic heterocycles. The van der Waals surface area contributed by atoms with Crippen molar-refractivity contribution in [3.63, 3.8) is 0 Å². The first-order valence-electron chi connectivity index (χ1n) is 6.84. The maximum atomic E-state index is 12.2. The summed E-state index contributed by atoms with van der Waals surface area (Å²) < 4.78 is 5.34. The van der Waals surface area contributed by atoms with Crippen molar-refractivity contribution in [3.05, 3.63) is 65.2 Å². The smallest absolute Gasteiger partial charge is 0.414 e. The van der Waals surface area contributed by atoms with Gasteiger partial charge in [0.25, 0.3) is 0 Å². The molecule has 21 heavy (non-hydrogen) atoms. The van der Waals surface area contributed by atoms with E-state index in [1.807, 2.05) is 36.4 Å². The number of nitrogens with zero attached hydrogens (tertiary/aromatic N) is 1. The van der Waals surface area contributed by atoms with Crippen LogP contribution in [0.4, 0.5) is 10.5 Å². The van der Waals surface area contributed by atoms with E-state index in [0.717, 1.165) is 29.5 Å². The zero-order chi connectivity index (χ0) is 14.7. The predicted molar refractivity (Wildman–Crippen MR) is 79.5 cm³/mol. The fraction of sp³-hybridized carbons (Fsp3) is 0.176. The second kappa shape index (κ2) is 5.79. The van der Waals surface area contributed by atoms with Gasteiger partial charge in [0.15, 0.2) is 0 Å². The number of hydrogen-bond acceptors (Lipinski definition) is 3. The summed E-state index contributed by atoms with van der Waals surface area (Å²) in [5, 5.41) is 0. The molecule has 4 heteroatoms. The highest BCUT2D eigenvalue weighted by molar-refractivity contribution is 5.92. The topological polar surface area (TPSA) is 46.6 Å². The SMILES string of the molecule is O=Cc1ccc2c(c1)N(C(=O)OCc1ccccc1)CC2. The molecule has 0 spiro atoms. The van der Waals surface area contributed by atoms with Crippen LogP contribution in [0, 0.1) is 0 Å². The number of carbonyl (C=O) groups is 2. The Morgan fingerprint density at radius 2 is 2.00 bits per heavy atom. The van der Waals surface area contributed by atoms with Crippen LogP contribution in [0.25, 0.3) is 0 Å². The van der Waals surface area contributed by atoms with E-state index in [-0.39, 0.29) is 12.7 Å². The lowest BCUT2D eigenvalue weighted by Crippen LogP contribution is -2.29. The normalized spacial score (nSPS) is 12.9. The first kappa shape index (κ1) is 13.4. The summed E-state index contributed by atoms with van der Waals surface area (Å²) in [6.45, 7) is 0.837. The van der Waals surface area contributed by atoms with Crippen LogP contribution in [0.2, 0.25) is 0 Å². The average molecular weight is 281 g/mol. The molecule has 0 aromatic heterocycles. The van der Waals surface area contributed by atoms with Crippen LogP contribution in [0.5, 0.6) is 0 Å². The lowest BCUT2D eigenvalue weighted by molar-refractivity contribution is 0.112. The lowest BCUT2D eigenvalue weighted by Gasteiger charge is -2.17. The van der Waals surface area contributed by atoms with Gasteiger partial charge in [0.1, 0.15) is 12.9 Å². The Morgan fingerprint density at radius 1 is 1.19 bits per heavy atom. The van der Waals surface area contributed by atoms with Gasteiger partial charge in [-0.1, -0.05) is 42.5 Å². The molecule has 0 atom stereocenters. The molecule has 1 aliphatic rings. The van der Waals surface area contributed by atoms with E-state index in [4.69, 9.17) is 4.74 Å². The summed E-state index contributed by atoms with van der Waals surface area (Å²) in [5.41, 5.74) is 3.36. The predicted octanol–water partition coefficient (Wildman–Crippen LogP) is 3.20. The second-order valence-corrected chi connectivity index (χ2v) is 4.95. The molecule has 0 unspecified atom stereocenters. The van der Waals surface area contributed by atoms with Gasteiger partial charge in [-0.25, -0.2) is 4.79 Å². The van der Waals surface area contributed by atoms with Crippen LogP contribution in [0.15, 0.2) is 48.5 Å². The largest absolute Gasteiger partial charge is 0.444 e. The van der Waals surface area contributed by atoms with Crippen molar-refractivity contribution in [2.45, 2.75) is 13.0 Å². The Kier molecular flexibility index (Phi) is 3.69. The molecule has 0 saturated heterocycles. The van der Waals surface area contributed by atoms with Crippen molar-refractivity contribution < 1.29 is 14.3 Å². The van der Waals surface area contributed by atoms with Crippen molar-refractivity contribution in [3.8, 4) is 0 Å². The monoisotopic (exact) mass is 281 g/mol. The average Bonchev–Trinajstić information content (AvgIpc) is 2.96. The van der Waals surface area contributed by atoms with E-state index in [2.05, 4.69) is 0 Å². The Balaban J connectivity index is 1.71. The fourth-order valence-electron chi connectivity index (χ4n) is 2.46. The summed E-state index contributed by atoms with van der Waals surface area (Å²) in [7, 11) is 0. The van der Waals surface area contributed by atoms with Crippen LogP contribution in [0.1, 0.15) is 21.5 Å². The molecule has 1 heterocycles. The molecule has 3 rings (SSSR count). The third kappa shape index (κ3) is 2.79. The second-order valence-electron chi connectivity index (χ2n) is 4.95. The minimum Gasteiger partial charge on any atom is -0.444 e. The van der Waals surface area contributed by atoms with Crippen molar-refractivity contribution >= 4 is 18.1 Å². The van der Waals surface area contributed by atoms with Gasteiger partial charge >= 0.3 is 6.09 Å². The number of fused-ring (bicyclic) bond motifs is 1. The van der Waals surface area contributed by atoms with Gasteiger partial charge in [0, 0.05) is 12.1 Å². The van der Waals surface area contributed by atoms with E-state index in [0.29, 0.717) is 12.1 Å². The van der Waals surface area contributed by atoms with Crippen LogP contribution < -0.4 is 4.90 Å². The standard InChI is InChI=1S/C17H15NO3/c19-11-14-6-7-15-8-9-18(16(15)10-14)17(20)21-12-13-4-2-1-3-5-13/h1-7,10-11H,8-9,12H2. The highest BCUT2D eigenvalue weighted by Crippen LogP contribution is 2.29. The molecule has 4 nitrogen and oxygen atoms in total. The Morgan fingerprint density at radius 3 is 2.76 bits per heavy atom. The Hall–Kier alpha value is -2.62. The molecule has 0 bridgehead atoms. The number of benzene rings is 2. The van der Waals surface area contributed by atoms with Gasteiger partial charge in [0.05, 0.1) is 5.69 Å². The van der Waals surface area contributed by atoms with Crippen molar-refractivity contribution in [2.24, 2.45) is 0 Å². The number of aldehydes is 1. The number of rotatable bonds is 3. The van der Waals surface area contributed by atoms with Crippen LogP contribution >= 0.6 is 0 Å². The van der Waals surface area contributed by atoms with Gasteiger partial charge in [-0.3, -0.25) is 9.69 Å². The van der Waals surface area contributed by atoms with Crippen molar-refractivity contribution in [1.82, 2.24) is 0 Å². The van der Waals surface area contributed by atoms with Crippen LogP contribution in [-0.2, 0) is 17.8 Å². The van der Waals surface area contributed by atoms with E-state index in [9.17, 15) is 9.59 Å². The molecule has 1 amide bonds. The maximum Gasteiger partial charge on any atom is 0.414 e. The first-order chi connectivity index (χ1) is 10.3. The highest BCUT2D eigenvalue weighted by atomic mass is 16.6. The number of hydrogen-bond donors (Lipinski definition) is 0. The van der Waals surface area contributed by atoms with Crippen LogP contribution in [0.3, 0.4) is 0 Å². The maximum absolute atomic E-state index is 12.2. The zero-order valence-electron chi connectivity index (χ0n) is 11.5. The lowest BCUT2D eigenvalue weighted by atomic mass is 10.1. The quantitative estimate of drug-likeness (QED) is 0.812. The third-order valence-corrected chi connectivity index (χ3v) is 3.57. The van der Waals surface area contributed by atoms with E-state index < -0.39 is 0 Å². The number of anilines is 1. The Bertz CT molecular complexity index is 667. The molecular weight excluding hydrogens is 266 g/mol. The minimum atomic E-state index is -0.374. The molecule has 0 fully saturated rings. The van der Waals surface area contributed by atoms with Crippen molar-refractivity contribution in [1.29, 1.82) is 0 Å². The minimum absolute atomic E-state index is 0.249. The van der Waals surface area contributed by atoms with Gasteiger partial charge in [-0.15, -0.1) is 0 Å². The highest BCUT2D eigenvalue weighted by Gasteiger charge is 2.26. The van der Waals surface area contributed by atoms with Gasteiger partial charge in [-0.2, -0.15) is 0 Å². The summed E-state index contributed by atoms with van der Waals surface area (Å²) in [4.78, 5) is 24.6. The summed E-state index contributed by atoms with van der Waals surface area (Å²) in [6.07, 6.45) is 1.20. The fourth-order valence-corrected chi connectivity index (χ4v) is 2.46. The molecule has 0 saturated carbocycles. The summed E-state index contributed by atoms with van der Waals surface area (Å²) in [6, 6.07) is 15.0. The van der Waals surface area contributed by atoms with Crippen molar-refractivity contribution in [2.75, 3.05) is 11.4 Å². The van der Waals surface area contributed by atoms with Crippen LogP contribution in [-0.4, -0.2) is 18.9 Å². The van der Waals surface area contributed by atoms with Gasteiger partial charge < -0.3 is 4.74 Å². The summed E-state index contributed by atoms with van der Waals surface area (Å²) >= 11 is 0. The van der Waals surface area contributed by atoms with E-state index in [1.165, 1.54) is 0 Å². The number of carbonyl (C=O) groups excluding carboxylic acids is 2. The van der Waals surface area contributed by atoms with Gasteiger partial charge in [-0.05, 0) is 23.6 Å².